The second-order valence-corrected chi connectivity index (χ2v) is 5.00. The molecule has 104 valence electrons. The highest BCUT2D eigenvalue weighted by molar-refractivity contribution is 7.80. The molecule has 0 saturated heterocycles. The van der Waals surface area contributed by atoms with Gasteiger partial charge < -0.3 is 10.6 Å². The molecule has 2 N–H and O–H groups in total. The lowest BCUT2D eigenvalue weighted by Crippen LogP contribution is -2.22. The average molecular weight is 288 g/mol. The number of halogens is 1. The number of anilines is 2. The largest absolute Gasteiger partial charge is 0.389 e. The lowest BCUT2D eigenvalue weighted by atomic mass is 10.1. The molecule has 2 nitrogen and oxygen atoms in total. The Kier molecular flexibility index (Phi) is 4.35. The van der Waals surface area contributed by atoms with Gasteiger partial charge in [-0.2, -0.15) is 0 Å². The monoisotopic (exact) mass is 288 g/mol. The number of para-hydroxylation sites is 1. The second kappa shape index (κ2) is 6.01. The van der Waals surface area contributed by atoms with Gasteiger partial charge in [0.1, 0.15) is 10.8 Å². The Bertz CT molecular complexity index is 640. The Morgan fingerprint density at radius 1 is 1.20 bits per heavy atom. The highest BCUT2D eigenvalue weighted by Gasteiger charge is 2.15. The lowest BCUT2D eigenvalue weighted by Gasteiger charge is -2.27. The molecule has 2 aromatic rings. The molecule has 0 unspecified atom stereocenters. The van der Waals surface area contributed by atoms with E-state index in [-0.39, 0.29) is 10.8 Å². The van der Waals surface area contributed by atoms with Crippen LogP contribution in [-0.4, -0.2) is 11.5 Å². The summed E-state index contributed by atoms with van der Waals surface area (Å²) in [6, 6.07) is 12.6. The van der Waals surface area contributed by atoms with Crippen LogP contribution >= 0.6 is 12.2 Å². The van der Waals surface area contributed by atoms with Gasteiger partial charge in [-0.15, -0.1) is 0 Å². The van der Waals surface area contributed by atoms with Gasteiger partial charge in [0, 0.05) is 17.8 Å². The molecule has 0 atom stereocenters. The topological polar surface area (TPSA) is 29.3 Å². The Hall–Kier alpha value is -1.94. The summed E-state index contributed by atoms with van der Waals surface area (Å²) in [5.41, 5.74) is 9.33. The van der Waals surface area contributed by atoms with E-state index in [1.165, 1.54) is 12.1 Å². The van der Waals surface area contributed by atoms with Crippen molar-refractivity contribution in [1.82, 2.24) is 0 Å². The SMILES string of the molecule is CCN(c1ccccc1C)c1ccc(F)cc1C(N)=S. The minimum Gasteiger partial charge on any atom is -0.389 e. The van der Waals surface area contributed by atoms with Crippen LogP contribution in [0, 0.1) is 12.7 Å². The molecule has 0 heterocycles. The van der Waals surface area contributed by atoms with Crippen molar-refractivity contribution in [2.45, 2.75) is 13.8 Å². The Balaban J connectivity index is 2.58. The summed E-state index contributed by atoms with van der Waals surface area (Å²) in [6.07, 6.45) is 0. The molecule has 0 aliphatic rings. The molecule has 2 rings (SSSR count). The number of nitrogens with two attached hydrogens (primary N) is 1. The van der Waals surface area contributed by atoms with E-state index >= 15 is 0 Å². The summed E-state index contributed by atoms with van der Waals surface area (Å²) < 4.78 is 13.4. The van der Waals surface area contributed by atoms with Crippen LogP contribution in [0.4, 0.5) is 15.8 Å². The van der Waals surface area contributed by atoms with E-state index in [1.54, 1.807) is 6.07 Å². The fourth-order valence-corrected chi connectivity index (χ4v) is 2.44. The predicted molar refractivity (Wildman–Crippen MR) is 86.1 cm³/mol. The van der Waals surface area contributed by atoms with Crippen LogP contribution in [-0.2, 0) is 0 Å². The standard InChI is InChI=1S/C16H17FN2S/c1-3-19(14-7-5-4-6-11(14)2)15-9-8-12(17)10-13(15)16(18)20/h4-10H,3H2,1-2H3,(H2,18,20). The average Bonchev–Trinajstić information content (AvgIpc) is 2.42. The second-order valence-electron chi connectivity index (χ2n) is 4.56. The summed E-state index contributed by atoms with van der Waals surface area (Å²) in [5.74, 6) is -0.336. The van der Waals surface area contributed by atoms with Gasteiger partial charge in [-0.3, -0.25) is 0 Å². The van der Waals surface area contributed by atoms with Gasteiger partial charge >= 0.3 is 0 Å². The molecule has 0 aromatic heterocycles. The zero-order chi connectivity index (χ0) is 14.7. The number of hydrogen-bond acceptors (Lipinski definition) is 2. The molecule has 0 bridgehead atoms. The zero-order valence-electron chi connectivity index (χ0n) is 11.6. The van der Waals surface area contributed by atoms with Gasteiger partial charge in [-0.1, -0.05) is 30.4 Å². The van der Waals surface area contributed by atoms with Crippen molar-refractivity contribution < 1.29 is 4.39 Å². The molecule has 0 aliphatic carbocycles. The first kappa shape index (κ1) is 14.5. The Morgan fingerprint density at radius 3 is 2.50 bits per heavy atom. The number of nitrogens with zero attached hydrogens (tertiary/aromatic N) is 1. The molecule has 0 aliphatic heterocycles. The lowest BCUT2D eigenvalue weighted by molar-refractivity contribution is 0.627. The summed E-state index contributed by atoms with van der Waals surface area (Å²) in [7, 11) is 0. The van der Waals surface area contributed by atoms with Crippen LogP contribution in [0.5, 0.6) is 0 Å². The first-order valence-electron chi connectivity index (χ1n) is 6.47. The summed E-state index contributed by atoms with van der Waals surface area (Å²) in [6.45, 7) is 4.83. The van der Waals surface area contributed by atoms with Crippen molar-refractivity contribution >= 4 is 28.6 Å². The molecule has 2 aromatic carbocycles. The molecule has 0 saturated carbocycles. The molecule has 0 fully saturated rings. The fraction of sp³-hybridized carbons (Fsp3) is 0.188. The number of thiocarbonyl (C=S) groups is 1. The van der Waals surface area contributed by atoms with Gasteiger partial charge in [-0.05, 0) is 43.7 Å². The third kappa shape index (κ3) is 2.80. The normalized spacial score (nSPS) is 10.3. The molecule has 0 amide bonds. The molecule has 0 radical (unpaired) electrons. The molecule has 20 heavy (non-hydrogen) atoms. The van der Waals surface area contributed by atoms with Crippen molar-refractivity contribution in [3.63, 3.8) is 0 Å². The summed E-state index contributed by atoms with van der Waals surface area (Å²) in [5, 5.41) is 0. The summed E-state index contributed by atoms with van der Waals surface area (Å²) >= 11 is 5.04. The predicted octanol–water partition coefficient (Wildman–Crippen LogP) is 3.93. The highest BCUT2D eigenvalue weighted by Crippen LogP contribution is 2.31. The maximum atomic E-state index is 13.4. The van der Waals surface area contributed by atoms with Crippen molar-refractivity contribution in [2.24, 2.45) is 5.73 Å². The van der Waals surface area contributed by atoms with Gasteiger partial charge in [0.25, 0.3) is 0 Å². The fourth-order valence-electron chi connectivity index (χ4n) is 2.28. The van der Waals surface area contributed by atoms with Crippen LogP contribution in [0.3, 0.4) is 0 Å². The van der Waals surface area contributed by atoms with Gasteiger partial charge in [0.05, 0.1) is 5.69 Å². The first-order chi connectivity index (χ1) is 9.54. The number of hydrogen-bond donors (Lipinski definition) is 1. The molecule has 0 spiro atoms. The molecule has 4 heteroatoms. The van der Waals surface area contributed by atoms with Crippen LogP contribution in [0.1, 0.15) is 18.1 Å². The van der Waals surface area contributed by atoms with E-state index in [0.29, 0.717) is 5.56 Å². The third-order valence-electron chi connectivity index (χ3n) is 3.24. The van der Waals surface area contributed by atoms with Crippen LogP contribution in [0.25, 0.3) is 0 Å². The van der Waals surface area contributed by atoms with Gasteiger partial charge in [0.2, 0.25) is 0 Å². The number of rotatable bonds is 4. The molecular weight excluding hydrogens is 271 g/mol. The van der Waals surface area contributed by atoms with E-state index in [0.717, 1.165) is 23.5 Å². The highest BCUT2D eigenvalue weighted by atomic mass is 32.1. The van der Waals surface area contributed by atoms with Crippen LogP contribution < -0.4 is 10.6 Å². The van der Waals surface area contributed by atoms with Crippen molar-refractivity contribution in [3.05, 3.63) is 59.4 Å². The van der Waals surface area contributed by atoms with Gasteiger partial charge in [0.15, 0.2) is 0 Å². The maximum absolute atomic E-state index is 13.4. The zero-order valence-corrected chi connectivity index (χ0v) is 12.4. The number of benzene rings is 2. The first-order valence-corrected chi connectivity index (χ1v) is 6.88. The quantitative estimate of drug-likeness (QED) is 0.864. The van der Waals surface area contributed by atoms with Crippen LogP contribution in [0.15, 0.2) is 42.5 Å². The summed E-state index contributed by atoms with van der Waals surface area (Å²) in [4.78, 5) is 2.29. The Morgan fingerprint density at radius 2 is 1.90 bits per heavy atom. The molecular formula is C16H17FN2S. The van der Waals surface area contributed by atoms with Crippen molar-refractivity contribution in [3.8, 4) is 0 Å². The van der Waals surface area contributed by atoms with E-state index in [4.69, 9.17) is 18.0 Å². The smallest absolute Gasteiger partial charge is 0.124 e. The van der Waals surface area contributed by atoms with Gasteiger partial charge in [-0.25, -0.2) is 4.39 Å². The van der Waals surface area contributed by atoms with Crippen LogP contribution in [0.2, 0.25) is 0 Å². The van der Waals surface area contributed by atoms with E-state index in [9.17, 15) is 4.39 Å². The van der Waals surface area contributed by atoms with E-state index in [2.05, 4.69) is 4.90 Å². The number of aryl methyl sites for hydroxylation is 1. The Labute approximate surface area is 124 Å². The minimum absolute atomic E-state index is 0.200. The van der Waals surface area contributed by atoms with Crippen molar-refractivity contribution in [1.29, 1.82) is 0 Å². The van der Waals surface area contributed by atoms with E-state index < -0.39 is 0 Å². The van der Waals surface area contributed by atoms with Crippen molar-refractivity contribution in [2.75, 3.05) is 11.4 Å². The van der Waals surface area contributed by atoms with E-state index in [1.807, 2.05) is 38.1 Å². The maximum Gasteiger partial charge on any atom is 0.124 e. The third-order valence-corrected chi connectivity index (χ3v) is 3.46. The minimum atomic E-state index is -0.336.